The van der Waals surface area contributed by atoms with Gasteiger partial charge in [0.05, 0.1) is 6.04 Å². The molecule has 0 saturated heterocycles. The Morgan fingerprint density at radius 1 is 1.29 bits per heavy atom. The number of carboxylic acid groups (broad SMARTS) is 1. The molecule has 0 saturated carbocycles. The van der Waals surface area contributed by atoms with E-state index in [1.54, 1.807) is 0 Å². The van der Waals surface area contributed by atoms with Gasteiger partial charge in [0, 0.05) is 0 Å². The van der Waals surface area contributed by atoms with Gasteiger partial charge in [-0.05, 0) is 33.4 Å². The number of amides is 1. The topological polar surface area (TPSA) is 69.6 Å². The molecule has 0 aromatic carbocycles. The molecule has 0 aliphatic rings. The molecule has 1 amide bonds. The van der Waals surface area contributed by atoms with E-state index in [-0.39, 0.29) is 11.9 Å². The number of hydrogen-bond donors (Lipinski definition) is 2. The Labute approximate surface area is 103 Å². The van der Waals surface area contributed by atoms with Gasteiger partial charge in [-0.1, -0.05) is 20.3 Å². The first-order valence-electron chi connectivity index (χ1n) is 6.21. The van der Waals surface area contributed by atoms with Crippen LogP contribution in [-0.2, 0) is 9.59 Å². The third kappa shape index (κ3) is 5.68. The summed E-state index contributed by atoms with van der Waals surface area (Å²) in [6, 6.07) is -1.12. The van der Waals surface area contributed by atoms with Crippen LogP contribution in [0.3, 0.4) is 0 Å². The van der Waals surface area contributed by atoms with Crippen molar-refractivity contribution in [2.75, 3.05) is 13.1 Å². The summed E-state index contributed by atoms with van der Waals surface area (Å²) in [5, 5.41) is 11.2. The SMILES string of the molecule is CCCCN(CC)C(C)C(=O)NC(C)C(=O)O. The summed E-state index contributed by atoms with van der Waals surface area (Å²) < 4.78 is 0. The zero-order valence-electron chi connectivity index (χ0n) is 11.2. The van der Waals surface area contributed by atoms with Gasteiger partial charge in [0.25, 0.3) is 0 Å². The Balaban J connectivity index is 4.29. The standard InChI is InChI=1S/C12H24N2O3/c1-5-7-8-14(6-2)10(4)11(15)13-9(3)12(16)17/h9-10H,5-8H2,1-4H3,(H,13,15)(H,16,17). The molecular formula is C12H24N2O3. The average Bonchev–Trinajstić information content (AvgIpc) is 2.29. The molecule has 0 rings (SSSR count). The van der Waals surface area contributed by atoms with Crippen molar-refractivity contribution in [3.63, 3.8) is 0 Å². The van der Waals surface area contributed by atoms with Crippen molar-refractivity contribution in [3.05, 3.63) is 0 Å². The van der Waals surface area contributed by atoms with E-state index in [0.29, 0.717) is 0 Å². The first-order chi connectivity index (χ1) is 7.93. The van der Waals surface area contributed by atoms with Crippen molar-refractivity contribution >= 4 is 11.9 Å². The molecule has 0 aromatic rings. The van der Waals surface area contributed by atoms with Gasteiger partial charge in [-0.3, -0.25) is 14.5 Å². The number of hydrogen-bond acceptors (Lipinski definition) is 3. The summed E-state index contributed by atoms with van der Waals surface area (Å²) in [6.45, 7) is 9.03. The van der Waals surface area contributed by atoms with E-state index in [9.17, 15) is 9.59 Å². The second-order valence-corrected chi connectivity index (χ2v) is 4.23. The van der Waals surface area contributed by atoms with Gasteiger partial charge in [0.1, 0.15) is 6.04 Å². The summed E-state index contributed by atoms with van der Waals surface area (Å²) in [6.07, 6.45) is 2.12. The third-order valence-corrected chi connectivity index (χ3v) is 2.86. The molecule has 0 aliphatic heterocycles. The van der Waals surface area contributed by atoms with E-state index in [0.717, 1.165) is 25.9 Å². The van der Waals surface area contributed by atoms with Crippen molar-refractivity contribution in [2.45, 2.75) is 52.6 Å². The molecule has 0 spiro atoms. The number of carbonyl (C=O) groups is 2. The Bertz CT molecular complexity index is 256. The van der Waals surface area contributed by atoms with Gasteiger partial charge in [-0.25, -0.2) is 0 Å². The summed E-state index contributed by atoms with van der Waals surface area (Å²) in [7, 11) is 0. The molecule has 0 aliphatic carbocycles. The van der Waals surface area contributed by atoms with Crippen molar-refractivity contribution in [3.8, 4) is 0 Å². The minimum atomic E-state index is -1.01. The van der Waals surface area contributed by atoms with Crippen LogP contribution in [0.2, 0.25) is 0 Å². The fourth-order valence-corrected chi connectivity index (χ4v) is 1.55. The van der Waals surface area contributed by atoms with Gasteiger partial charge in [-0.15, -0.1) is 0 Å². The Morgan fingerprint density at radius 2 is 1.88 bits per heavy atom. The maximum Gasteiger partial charge on any atom is 0.325 e. The highest BCUT2D eigenvalue weighted by atomic mass is 16.4. The lowest BCUT2D eigenvalue weighted by Gasteiger charge is -2.27. The minimum absolute atomic E-state index is 0.224. The Hall–Kier alpha value is -1.10. The van der Waals surface area contributed by atoms with Crippen molar-refractivity contribution in [1.29, 1.82) is 0 Å². The zero-order valence-corrected chi connectivity index (χ0v) is 11.2. The predicted molar refractivity (Wildman–Crippen MR) is 66.9 cm³/mol. The lowest BCUT2D eigenvalue weighted by Crippen LogP contribution is -2.49. The molecule has 2 unspecified atom stereocenters. The van der Waals surface area contributed by atoms with E-state index in [1.807, 2.05) is 18.7 Å². The van der Waals surface area contributed by atoms with E-state index in [1.165, 1.54) is 6.92 Å². The Morgan fingerprint density at radius 3 is 2.29 bits per heavy atom. The third-order valence-electron chi connectivity index (χ3n) is 2.86. The molecule has 0 heterocycles. The number of rotatable bonds is 8. The molecule has 2 N–H and O–H groups in total. The van der Waals surface area contributed by atoms with Crippen LogP contribution in [0.25, 0.3) is 0 Å². The van der Waals surface area contributed by atoms with Crippen molar-refractivity contribution in [1.82, 2.24) is 10.2 Å². The highest BCUT2D eigenvalue weighted by molar-refractivity contribution is 5.86. The maximum absolute atomic E-state index is 11.8. The van der Waals surface area contributed by atoms with Crippen LogP contribution in [-0.4, -0.2) is 47.1 Å². The molecule has 5 nitrogen and oxygen atoms in total. The van der Waals surface area contributed by atoms with E-state index >= 15 is 0 Å². The van der Waals surface area contributed by atoms with Crippen molar-refractivity contribution in [2.24, 2.45) is 0 Å². The van der Waals surface area contributed by atoms with Gasteiger partial charge < -0.3 is 10.4 Å². The fourth-order valence-electron chi connectivity index (χ4n) is 1.55. The van der Waals surface area contributed by atoms with Crippen LogP contribution in [0.5, 0.6) is 0 Å². The first-order valence-corrected chi connectivity index (χ1v) is 6.21. The zero-order chi connectivity index (χ0) is 13.4. The van der Waals surface area contributed by atoms with Gasteiger partial charge in [0.15, 0.2) is 0 Å². The monoisotopic (exact) mass is 244 g/mol. The van der Waals surface area contributed by atoms with Gasteiger partial charge >= 0.3 is 5.97 Å². The number of unbranched alkanes of at least 4 members (excludes halogenated alkanes) is 1. The lowest BCUT2D eigenvalue weighted by molar-refractivity contribution is -0.142. The largest absolute Gasteiger partial charge is 0.480 e. The van der Waals surface area contributed by atoms with Crippen LogP contribution in [0.15, 0.2) is 0 Å². The second kappa shape index (κ2) is 8.06. The predicted octanol–water partition coefficient (Wildman–Crippen LogP) is 1.09. The molecular weight excluding hydrogens is 220 g/mol. The van der Waals surface area contributed by atoms with Crippen LogP contribution >= 0.6 is 0 Å². The lowest BCUT2D eigenvalue weighted by atomic mass is 10.2. The summed E-state index contributed by atoms with van der Waals surface area (Å²) >= 11 is 0. The molecule has 100 valence electrons. The molecule has 0 radical (unpaired) electrons. The molecule has 2 atom stereocenters. The Kier molecular flexibility index (Phi) is 7.54. The van der Waals surface area contributed by atoms with E-state index < -0.39 is 12.0 Å². The van der Waals surface area contributed by atoms with Crippen LogP contribution < -0.4 is 5.32 Å². The highest BCUT2D eigenvalue weighted by Crippen LogP contribution is 2.02. The van der Waals surface area contributed by atoms with Crippen LogP contribution in [0.4, 0.5) is 0 Å². The van der Waals surface area contributed by atoms with Crippen molar-refractivity contribution < 1.29 is 14.7 Å². The normalized spacial score (nSPS) is 14.4. The molecule has 5 heteroatoms. The maximum atomic E-state index is 11.8. The molecule has 0 aromatic heterocycles. The van der Waals surface area contributed by atoms with Gasteiger partial charge in [-0.2, -0.15) is 0 Å². The minimum Gasteiger partial charge on any atom is -0.480 e. The number of carboxylic acids is 1. The summed E-state index contributed by atoms with van der Waals surface area (Å²) in [4.78, 5) is 24.5. The highest BCUT2D eigenvalue weighted by Gasteiger charge is 2.22. The fraction of sp³-hybridized carbons (Fsp3) is 0.833. The average molecular weight is 244 g/mol. The number of nitrogens with zero attached hydrogens (tertiary/aromatic N) is 1. The van der Waals surface area contributed by atoms with Crippen LogP contribution in [0, 0.1) is 0 Å². The number of aliphatic carboxylic acids is 1. The molecule has 17 heavy (non-hydrogen) atoms. The number of nitrogens with one attached hydrogen (secondary N) is 1. The molecule has 0 bridgehead atoms. The quantitative estimate of drug-likeness (QED) is 0.670. The van der Waals surface area contributed by atoms with E-state index in [2.05, 4.69) is 12.2 Å². The summed E-state index contributed by atoms with van der Waals surface area (Å²) in [5.74, 6) is -1.24. The number of likely N-dealkylation sites (N-methyl/N-ethyl adjacent to an activating group) is 1. The first kappa shape index (κ1) is 15.9. The summed E-state index contributed by atoms with van der Waals surface area (Å²) in [5.41, 5.74) is 0. The molecule has 0 fully saturated rings. The van der Waals surface area contributed by atoms with E-state index in [4.69, 9.17) is 5.11 Å². The smallest absolute Gasteiger partial charge is 0.325 e. The van der Waals surface area contributed by atoms with Gasteiger partial charge in [0.2, 0.25) is 5.91 Å². The number of carbonyl (C=O) groups excluding carboxylic acids is 1. The second-order valence-electron chi connectivity index (χ2n) is 4.23. The van der Waals surface area contributed by atoms with Crippen LogP contribution in [0.1, 0.15) is 40.5 Å².